The third-order valence-corrected chi connectivity index (χ3v) is 4.85. The molecule has 1 fully saturated rings. The number of ether oxygens (including phenoxy) is 2. The van der Waals surface area contributed by atoms with Crippen molar-refractivity contribution < 1.29 is 9.47 Å². The number of fused-ring (bicyclic) bond motifs is 1. The predicted octanol–water partition coefficient (Wildman–Crippen LogP) is 3.11. The zero-order valence-corrected chi connectivity index (χ0v) is 10.7. The minimum atomic E-state index is 0.0641. The van der Waals surface area contributed by atoms with Crippen LogP contribution in [0, 0.1) is 0 Å². The van der Waals surface area contributed by atoms with Crippen molar-refractivity contribution >= 4 is 11.8 Å². The summed E-state index contributed by atoms with van der Waals surface area (Å²) in [5.74, 6) is 1.96. The van der Waals surface area contributed by atoms with E-state index in [4.69, 9.17) is 9.47 Å². The topological polar surface area (TPSA) is 18.5 Å². The summed E-state index contributed by atoms with van der Waals surface area (Å²) in [6.45, 7) is 0. The van der Waals surface area contributed by atoms with Crippen LogP contribution in [0.3, 0.4) is 0 Å². The van der Waals surface area contributed by atoms with Crippen LogP contribution < -0.4 is 4.74 Å². The molecule has 0 spiro atoms. The summed E-state index contributed by atoms with van der Waals surface area (Å²) in [7, 11) is 3.44. The fraction of sp³-hybridized carbons (Fsp3) is 0.286. The van der Waals surface area contributed by atoms with Gasteiger partial charge in [0.25, 0.3) is 0 Å². The number of benzene rings is 1. The summed E-state index contributed by atoms with van der Waals surface area (Å²) in [4.78, 5) is 0. The van der Waals surface area contributed by atoms with Crippen LogP contribution in [0.5, 0.6) is 5.75 Å². The second-order valence-electron chi connectivity index (χ2n) is 4.16. The van der Waals surface area contributed by atoms with Crippen molar-refractivity contribution in [1.82, 2.24) is 0 Å². The van der Waals surface area contributed by atoms with Gasteiger partial charge in [0, 0.05) is 0 Å². The normalized spacial score (nSPS) is 29.3. The molecule has 0 amide bonds. The molecule has 1 aliphatic carbocycles. The Labute approximate surface area is 105 Å². The molecule has 2 nitrogen and oxygen atoms in total. The van der Waals surface area contributed by atoms with E-state index >= 15 is 0 Å². The lowest BCUT2D eigenvalue weighted by Gasteiger charge is -2.16. The van der Waals surface area contributed by atoms with Gasteiger partial charge >= 0.3 is 0 Å². The summed E-state index contributed by atoms with van der Waals surface area (Å²) in [5, 5.41) is 0.421. The van der Waals surface area contributed by atoms with E-state index in [1.807, 2.05) is 30.0 Å². The van der Waals surface area contributed by atoms with Gasteiger partial charge in [-0.25, -0.2) is 0 Å². The number of methoxy groups -OCH3 is 2. The highest BCUT2D eigenvalue weighted by Crippen LogP contribution is 2.66. The number of rotatable bonds is 3. The minimum Gasteiger partial charge on any atom is -0.500 e. The van der Waals surface area contributed by atoms with Crippen molar-refractivity contribution in [2.75, 3.05) is 14.2 Å². The van der Waals surface area contributed by atoms with Crippen molar-refractivity contribution in [3.05, 3.63) is 53.8 Å². The first-order chi connectivity index (χ1) is 8.30. The molecule has 0 saturated carbocycles. The number of thioether (sulfide) groups is 1. The Hall–Kier alpha value is -1.35. The molecule has 17 heavy (non-hydrogen) atoms. The first kappa shape index (κ1) is 10.8. The van der Waals surface area contributed by atoms with Gasteiger partial charge in [0.2, 0.25) is 0 Å². The molecule has 1 saturated heterocycles. The number of allylic oxidation sites excluding steroid dienone is 2. The molecule has 88 valence electrons. The first-order valence-electron chi connectivity index (χ1n) is 5.56. The van der Waals surface area contributed by atoms with Gasteiger partial charge in [-0.15, -0.1) is 11.8 Å². The molecular formula is C14H14O2S. The van der Waals surface area contributed by atoms with Crippen LogP contribution >= 0.6 is 11.8 Å². The molecule has 0 aromatic heterocycles. The Morgan fingerprint density at radius 3 is 2.88 bits per heavy atom. The fourth-order valence-corrected chi connectivity index (χ4v) is 3.65. The SMILES string of the molecule is COC1=CC=CC2(c3cccc(OC)c3)SC12. The average molecular weight is 246 g/mol. The number of hydrogen-bond donors (Lipinski definition) is 0. The molecule has 0 N–H and O–H groups in total. The summed E-state index contributed by atoms with van der Waals surface area (Å²) < 4.78 is 10.8. The maximum Gasteiger partial charge on any atom is 0.119 e. The average Bonchev–Trinajstić information content (AvgIpc) is 3.14. The third-order valence-electron chi connectivity index (χ3n) is 3.26. The predicted molar refractivity (Wildman–Crippen MR) is 70.3 cm³/mol. The van der Waals surface area contributed by atoms with Crippen molar-refractivity contribution in [3.63, 3.8) is 0 Å². The van der Waals surface area contributed by atoms with E-state index in [0.717, 1.165) is 11.5 Å². The van der Waals surface area contributed by atoms with E-state index in [1.54, 1.807) is 14.2 Å². The maximum atomic E-state index is 5.41. The lowest BCUT2D eigenvalue weighted by molar-refractivity contribution is 0.280. The van der Waals surface area contributed by atoms with Crippen LogP contribution in [-0.4, -0.2) is 19.5 Å². The Kier molecular flexibility index (Phi) is 2.44. The molecule has 0 radical (unpaired) electrons. The molecule has 1 aliphatic heterocycles. The second kappa shape index (κ2) is 3.84. The van der Waals surface area contributed by atoms with E-state index in [1.165, 1.54) is 5.56 Å². The molecule has 3 heteroatoms. The van der Waals surface area contributed by atoms with Crippen LogP contribution in [0.25, 0.3) is 0 Å². The standard InChI is InChI=1S/C14H14O2S/c1-15-11-6-3-5-10(9-11)14-8-4-7-12(16-2)13(14)17-14/h3-9,13H,1-2H3. The molecule has 3 rings (SSSR count). The molecule has 2 aliphatic rings. The quantitative estimate of drug-likeness (QED) is 0.763. The summed E-state index contributed by atoms with van der Waals surface area (Å²) in [6, 6.07) is 8.27. The minimum absolute atomic E-state index is 0.0641. The Morgan fingerprint density at radius 2 is 2.12 bits per heavy atom. The highest BCUT2D eigenvalue weighted by molar-refractivity contribution is 8.08. The highest BCUT2D eigenvalue weighted by Gasteiger charge is 2.58. The summed E-state index contributed by atoms with van der Waals surface area (Å²) >= 11 is 1.92. The highest BCUT2D eigenvalue weighted by atomic mass is 32.2. The monoisotopic (exact) mass is 246 g/mol. The lowest BCUT2D eigenvalue weighted by Crippen LogP contribution is -2.14. The van der Waals surface area contributed by atoms with Crippen molar-refractivity contribution in [2.45, 2.75) is 10.00 Å². The van der Waals surface area contributed by atoms with Crippen LogP contribution in [0.15, 0.2) is 48.3 Å². The fourth-order valence-electron chi connectivity index (χ4n) is 2.29. The van der Waals surface area contributed by atoms with Gasteiger partial charge in [0.1, 0.15) is 11.5 Å². The first-order valence-corrected chi connectivity index (χ1v) is 6.44. The number of hydrogen-bond acceptors (Lipinski definition) is 3. The Balaban J connectivity index is 1.96. The molecule has 2 unspecified atom stereocenters. The van der Waals surface area contributed by atoms with Gasteiger partial charge in [0.05, 0.1) is 24.2 Å². The Morgan fingerprint density at radius 1 is 1.24 bits per heavy atom. The van der Waals surface area contributed by atoms with Gasteiger partial charge in [-0.3, -0.25) is 0 Å². The molecule has 1 aromatic rings. The van der Waals surface area contributed by atoms with Gasteiger partial charge < -0.3 is 9.47 Å². The molecular weight excluding hydrogens is 232 g/mol. The van der Waals surface area contributed by atoms with E-state index in [9.17, 15) is 0 Å². The zero-order valence-electron chi connectivity index (χ0n) is 9.84. The van der Waals surface area contributed by atoms with Crippen molar-refractivity contribution in [3.8, 4) is 5.75 Å². The maximum absolute atomic E-state index is 5.41. The second-order valence-corrected chi connectivity index (χ2v) is 5.54. The van der Waals surface area contributed by atoms with Gasteiger partial charge in [-0.1, -0.05) is 24.3 Å². The van der Waals surface area contributed by atoms with E-state index < -0.39 is 0 Å². The lowest BCUT2D eigenvalue weighted by atomic mass is 9.91. The summed E-state index contributed by atoms with van der Waals surface area (Å²) in [6.07, 6.45) is 6.37. The van der Waals surface area contributed by atoms with Crippen LogP contribution in [0.4, 0.5) is 0 Å². The van der Waals surface area contributed by atoms with E-state index in [2.05, 4.69) is 24.3 Å². The van der Waals surface area contributed by atoms with Crippen LogP contribution in [0.2, 0.25) is 0 Å². The molecule has 2 atom stereocenters. The van der Waals surface area contributed by atoms with Crippen LogP contribution in [-0.2, 0) is 9.48 Å². The van der Waals surface area contributed by atoms with Crippen LogP contribution in [0.1, 0.15) is 5.56 Å². The molecule has 1 aromatic carbocycles. The largest absolute Gasteiger partial charge is 0.500 e. The molecule has 0 bridgehead atoms. The Bertz CT molecular complexity index is 507. The van der Waals surface area contributed by atoms with E-state index in [-0.39, 0.29) is 4.75 Å². The van der Waals surface area contributed by atoms with Gasteiger partial charge in [-0.2, -0.15) is 0 Å². The van der Waals surface area contributed by atoms with Crippen molar-refractivity contribution in [1.29, 1.82) is 0 Å². The van der Waals surface area contributed by atoms with Gasteiger partial charge in [0.15, 0.2) is 0 Å². The van der Waals surface area contributed by atoms with Gasteiger partial charge in [-0.05, 0) is 23.8 Å². The van der Waals surface area contributed by atoms with Crippen molar-refractivity contribution in [2.24, 2.45) is 0 Å². The van der Waals surface area contributed by atoms with E-state index in [0.29, 0.717) is 5.25 Å². The molecule has 1 heterocycles. The third kappa shape index (κ3) is 1.57. The zero-order chi connectivity index (χ0) is 11.9. The smallest absolute Gasteiger partial charge is 0.119 e. The summed E-state index contributed by atoms with van der Waals surface area (Å²) in [5.41, 5.74) is 1.28.